The summed E-state index contributed by atoms with van der Waals surface area (Å²) >= 11 is 3.56. The Morgan fingerprint density at radius 2 is 2.25 bits per heavy atom. The van der Waals surface area contributed by atoms with E-state index in [0.717, 1.165) is 0 Å². The minimum Gasteiger partial charge on any atom is -0.316 e. The fraction of sp³-hybridized carbons (Fsp3) is 0.571. The van der Waals surface area contributed by atoms with E-state index in [-0.39, 0.29) is 0 Å². The van der Waals surface area contributed by atoms with Gasteiger partial charge in [-0.25, -0.2) is 0 Å². The molecule has 0 bridgehead atoms. The molecule has 2 rings (SSSR count). The first-order valence-electron chi connectivity index (χ1n) is 6.04. The Balaban J connectivity index is 2.24. The summed E-state index contributed by atoms with van der Waals surface area (Å²) in [5.41, 5.74) is 1.89. The van der Waals surface area contributed by atoms with Crippen molar-refractivity contribution >= 4 is 15.9 Å². The second-order valence-corrected chi connectivity index (χ2v) is 5.96. The third-order valence-electron chi connectivity index (χ3n) is 4.42. The van der Waals surface area contributed by atoms with Gasteiger partial charge < -0.3 is 5.32 Å². The summed E-state index contributed by atoms with van der Waals surface area (Å²) < 4.78 is 1.19. The molecule has 88 valence electrons. The third-order valence-corrected chi connectivity index (χ3v) is 4.92. The smallest absolute Gasteiger partial charge is 0.0178 e. The Morgan fingerprint density at radius 1 is 1.50 bits per heavy atom. The summed E-state index contributed by atoms with van der Waals surface area (Å²) in [6.07, 6.45) is 2.49. The highest BCUT2D eigenvalue weighted by Crippen LogP contribution is 2.54. The molecule has 0 spiro atoms. The summed E-state index contributed by atoms with van der Waals surface area (Å²) in [5, 5.41) is 3.45. The van der Waals surface area contributed by atoms with Gasteiger partial charge in [-0.3, -0.25) is 0 Å². The first kappa shape index (κ1) is 12.1. The van der Waals surface area contributed by atoms with Crippen LogP contribution in [0.5, 0.6) is 0 Å². The van der Waals surface area contributed by atoms with E-state index in [1.165, 1.54) is 22.9 Å². The van der Waals surface area contributed by atoms with Gasteiger partial charge >= 0.3 is 0 Å². The van der Waals surface area contributed by atoms with Crippen LogP contribution in [0, 0.1) is 5.41 Å². The van der Waals surface area contributed by atoms with Crippen LogP contribution in [-0.4, -0.2) is 13.1 Å². The van der Waals surface area contributed by atoms with Gasteiger partial charge in [-0.1, -0.05) is 41.9 Å². The minimum absolute atomic E-state index is 0.412. The Morgan fingerprint density at radius 3 is 2.81 bits per heavy atom. The quantitative estimate of drug-likeness (QED) is 0.885. The van der Waals surface area contributed by atoms with E-state index in [4.69, 9.17) is 0 Å². The van der Waals surface area contributed by atoms with Crippen LogP contribution >= 0.6 is 15.9 Å². The number of halogens is 1. The van der Waals surface area contributed by atoms with Crippen molar-refractivity contribution in [3.05, 3.63) is 34.3 Å². The van der Waals surface area contributed by atoms with E-state index < -0.39 is 0 Å². The van der Waals surface area contributed by atoms with E-state index in [2.05, 4.69) is 66.4 Å². The number of hydrogen-bond acceptors (Lipinski definition) is 1. The van der Waals surface area contributed by atoms with E-state index in [9.17, 15) is 0 Å². The Bertz CT molecular complexity index is 377. The first-order chi connectivity index (χ1) is 7.61. The van der Waals surface area contributed by atoms with Crippen molar-refractivity contribution in [2.75, 3.05) is 7.05 Å². The van der Waals surface area contributed by atoms with Crippen molar-refractivity contribution < 1.29 is 0 Å². The summed E-state index contributed by atoms with van der Waals surface area (Å²) in [6.45, 7) is 4.71. The van der Waals surface area contributed by atoms with Gasteiger partial charge in [-0.05, 0) is 48.9 Å². The lowest BCUT2D eigenvalue weighted by Gasteiger charge is -2.54. The van der Waals surface area contributed by atoms with Crippen molar-refractivity contribution in [3.8, 4) is 0 Å². The predicted octanol–water partition coefficient (Wildman–Crippen LogP) is 3.94. The minimum atomic E-state index is 0.412. The lowest BCUT2D eigenvalue weighted by Crippen LogP contribution is -2.55. The zero-order chi connectivity index (χ0) is 11.8. The number of hydrogen-bond donors (Lipinski definition) is 1. The average Bonchev–Trinajstić information content (AvgIpc) is 2.27. The molecule has 3 unspecified atom stereocenters. The largest absolute Gasteiger partial charge is 0.316 e. The fourth-order valence-electron chi connectivity index (χ4n) is 3.04. The Labute approximate surface area is 107 Å². The van der Waals surface area contributed by atoms with Crippen molar-refractivity contribution in [2.24, 2.45) is 5.41 Å². The second kappa shape index (κ2) is 4.50. The van der Waals surface area contributed by atoms with Crippen LogP contribution < -0.4 is 5.32 Å². The zero-order valence-electron chi connectivity index (χ0n) is 10.3. The molecule has 0 aromatic heterocycles. The van der Waals surface area contributed by atoms with Crippen LogP contribution in [-0.2, 0) is 0 Å². The fourth-order valence-corrected chi connectivity index (χ4v) is 3.45. The van der Waals surface area contributed by atoms with Gasteiger partial charge in [0.1, 0.15) is 0 Å². The molecule has 1 N–H and O–H groups in total. The highest BCUT2D eigenvalue weighted by Gasteiger charge is 2.49. The van der Waals surface area contributed by atoms with Crippen LogP contribution in [0.3, 0.4) is 0 Å². The van der Waals surface area contributed by atoms with Crippen molar-refractivity contribution in [2.45, 2.75) is 38.6 Å². The van der Waals surface area contributed by atoms with Gasteiger partial charge in [0.25, 0.3) is 0 Å². The van der Waals surface area contributed by atoms with Gasteiger partial charge in [0, 0.05) is 10.5 Å². The standard InChI is InChI=1S/C14H20BrN/c1-4-14(2)12(9-13(14)16-3)10-6-5-7-11(15)8-10/h5-8,12-13,16H,4,9H2,1-3H3. The van der Waals surface area contributed by atoms with Gasteiger partial charge in [-0.15, -0.1) is 0 Å². The molecule has 0 heterocycles. The molecule has 1 aliphatic carbocycles. The van der Waals surface area contributed by atoms with Crippen molar-refractivity contribution in [3.63, 3.8) is 0 Å². The van der Waals surface area contributed by atoms with Gasteiger partial charge in [0.15, 0.2) is 0 Å². The molecule has 2 heteroatoms. The van der Waals surface area contributed by atoms with Gasteiger partial charge in [0.2, 0.25) is 0 Å². The summed E-state index contributed by atoms with van der Waals surface area (Å²) in [4.78, 5) is 0. The molecule has 1 fully saturated rings. The van der Waals surface area contributed by atoms with Gasteiger partial charge in [-0.2, -0.15) is 0 Å². The number of nitrogens with one attached hydrogen (secondary N) is 1. The summed E-state index contributed by atoms with van der Waals surface area (Å²) in [5.74, 6) is 0.701. The molecule has 1 aromatic rings. The number of benzene rings is 1. The molecule has 0 radical (unpaired) electrons. The maximum atomic E-state index is 3.56. The van der Waals surface area contributed by atoms with E-state index in [1.807, 2.05) is 0 Å². The molecule has 16 heavy (non-hydrogen) atoms. The highest BCUT2D eigenvalue weighted by molar-refractivity contribution is 9.10. The SMILES string of the molecule is CCC1(C)C(NC)CC1c1cccc(Br)c1. The molecule has 1 saturated carbocycles. The monoisotopic (exact) mass is 281 g/mol. The van der Waals surface area contributed by atoms with Crippen LogP contribution in [0.1, 0.15) is 38.2 Å². The number of rotatable bonds is 3. The van der Waals surface area contributed by atoms with Crippen LogP contribution in [0.2, 0.25) is 0 Å². The Hall–Kier alpha value is -0.340. The third kappa shape index (κ3) is 1.82. The molecular formula is C14H20BrN. The average molecular weight is 282 g/mol. The summed E-state index contributed by atoms with van der Waals surface area (Å²) in [6, 6.07) is 9.43. The van der Waals surface area contributed by atoms with E-state index in [0.29, 0.717) is 17.4 Å². The lowest BCUT2D eigenvalue weighted by atomic mass is 9.54. The highest BCUT2D eigenvalue weighted by atomic mass is 79.9. The summed E-state index contributed by atoms with van der Waals surface area (Å²) in [7, 11) is 2.08. The molecule has 0 saturated heterocycles. The van der Waals surface area contributed by atoms with E-state index >= 15 is 0 Å². The molecule has 0 aliphatic heterocycles. The molecule has 1 aliphatic rings. The van der Waals surface area contributed by atoms with Crippen LogP contribution in [0.4, 0.5) is 0 Å². The molecule has 0 amide bonds. The maximum Gasteiger partial charge on any atom is 0.0178 e. The van der Waals surface area contributed by atoms with Crippen molar-refractivity contribution in [1.29, 1.82) is 0 Å². The normalized spacial score (nSPS) is 33.5. The molecular weight excluding hydrogens is 262 g/mol. The van der Waals surface area contributed by atoms with Crippen LogP contribution in [0.25, 0.3) is 0 Å². The lowest BCUT2D eigenvalue weighted by molar-refractivity contribution is 0.0495. The topological polar surface area (TPSA) is 12.0 Å². The van der Waals surface area contributed by atoms with Gasteiger partial charge in [0.05, 0.1) is 0 Å². The Kier molecular flexibility index (Phi) is 3.41. The van der Waals surface area contributed by atoms with Crippen LogP contribution in [0.15, 0.2) is 28.7 Å². The first-order valence-corrected chi connectivity index (χ1v) is 6.84. The van der Waals surface area contributed by atoms with E-state index in [1.54, 1.807) is 0 Å². The molecule has 1 aromatic carbocycles. The van der Waals surface area contributed by atoms with Crippen molar-refractivity contribution in [1.82, 2.24) is 5.32 Å². The molecule has 1 nitrogen and oxygen atoms in total. The molecule has 3 atom stereocenters. The maximum absolute atomic E-state index is 3.56. The predicted molar refractivity (Wildman–Crippen MR) is 72.7 cm³/mol. The second-order valence-electron chi connectivity index (χ2n) is 5.04. The zero-order valence-corrected chi connectivity index (χ0v) is 11.8.